The second-order valence-corrected chi connectivity index (χ2v) is 6.31. The lowest BCUT2D eigenvalue weighted by Gasteiger charge is -2.28. The maximum Gasteiger partial charge on any atom is 0.248 e. The fraction of sp³-hybridized carbons (Fsp3) is 0.538. The number of hydrogen-bond donors (Lipinski definition) is 1. The lowest BCUT2D eigenvalue weighted by molar-refractivity contribution is -0.0487. The summed E-state index contributed by atoms with van der Waals surface area (Å²) in [6.45, 7) is 0. The van der Waals surface area contributed by atoms with E-state index >= 15 is 0 Å². The molecule has 0 spiro atoms. The van der Waals surface area contributed by atoms with Gasteiger partial charge in [0.1, 0.15) is 0 Å². The van der Waals surface area contributed by atoms with Crippen molar-refractivity contribution in [2.75, 3.05) is 11.5 Å². The molecule has 0 aromatic heterocycles. The largest absolute Gasteiger partial charge is 0.398 e. The molecular formula is C13H16ClF2NS. The molecule has 1 atom stereocenters. The molecule has 1 aromatic rings. The Bertz CT molecular complexity index is 425. The van der Waals surface area contributed by atoms with Crippen molar-refractivity contribution in [3.8, 4) is 0 Å². The van der Waals surface area contributed by atoms with Crippen LogP contribution in [0, 0.1) is 5.92 Å². The van der Waals surface area contributed by atoms with Gasteiger partial charge in [0.25, 0.3) is 0 Å². The Morgan fingerprint density at radius 3 is 2.89 bits per heavy atom. The molecular weight excluding hydrogens is 276 g/mol. The Hall–Kier alpha value is -0.480. The molecule has 1 aliphatic carbocycles. The van der Waals surface area contributed by atoms with Gasteiger partial charge in [-0.25, -0.2) is 8.78 Å². The molecule has 0 heterocycles. The molecule has 0 amide bonds. The number of anilines is 1. The minimum Gasteiger partial charge on any atom is -0.398 e. The number of nitrogens with two attached hydrogens (primary N) is 1. The molecule has 1 aliphatic rings. The normalized spacial score (nSPS) is 22.9. The molecule has 5 heteroatoms. The van der Waals surface area contributed by atoms with Crippen LogP contribution in [0.25, 0.3) is 0 Å². The van der Waals surface area contributed by atoms with Crippen molar-refractivity contribution in [1.29, 1.82) is 0 Å². The topological polar surface area (TPSA) is 26.0 Å². The molecule has 2 N–H and O–H groups in total. The van der Waals surface area contributed by atoms with Crippen LogP contribution in [0.4, 0.5) is 14.5 Å². The van der Waals surface area contributed by atoms with E-state index in [-0.39, 0.29) is 18.8 Å². The molecule has 100 valence electrons. The van der Waals surface area contributed by atoms with Crippen LogP contribution in [0.1, 0.15) is 25.7 Å². The zero-order valence-corrected chi connectivity index (χ0v) is 11.5. The third-order valence-electron chi connectivity index (χ3n) is 3.20. The molecule has 0 radical (unpaired) electrons. The monoisotopic (exact) mass is 291 g/mol. The van der Waals surface area contributed by atoms with Gasteiger partial charge < -0.3 is 5.73 Å². The predicted molar refractivity (Wildman–Crippen MR) is 73.5 cm³/mol. The molecule has 1 saturated carbocycles. The lowest BCUT2D eigenvalue weighted by Crippen LogP contribution is -2.27. The van der Waals surface area contributed by atoms with E-state index in [2.05, 4.69) is 0 Å². The van der Waals surface area contributed by atoms with Gasteiger partial charge in [0.05, 0.1) is 10.7 Å². The first kappa shape index (κ1) is 13.9. The molecule has 1 fully saturated rings. The highest BCUT2D eigenvalue weighted by Gasteiger charge is 2.35. The Morgan fingerprint density at radius 1 is 1.44 bits per heavy atom. The maximum absolute atomic E-state index is 13.3. The van der Waals surface area contributed by atoms with E-state index in [9.17, 15) is 8.78 Å². The Morgan fingerprint density at radius 2 is 2.22 bits per heavy atom. The number of nitrogen functional groups attached to an aromatic ring is 1. The highest BCUT2D eigenvalue weighted by atomic mass is 35.5. The van der Waals surface area contributed by atoms with E-state index in [1.165, 1.54) is 0 Å². The summed E-state index contributed by atoms with van der Waals surface area (Å²) in [5.74, 6) is -1.66. The van der Waals surface area contributed by atoms with Gasteiger partial charge in [-0.05, 0) is 37.0 Å². The number of thioether (sulfide) groups is 1. The molecule has 1 aromatic carbocycles. The molecule has 18 heavy (non-hydrogen) atoms. The van der Waals surface area contributed by atoms with Gasteiger partial charge in [0, 0.05) is 23.5 Å². The number of benzene rings is 1. The Labute approximate surface area is 115 Å². The fourth-order valence-electron chi connectivity index (χ4n) is 2.23. The summed E-state index contributed by atoms with van der Waals surface area (Å²) in [6.07, 6.45) is 1.58. The molecule has 0 bridgehead atoms. The summed E-state index contributed by atoms with van der Waals surface area (Å²) in [5.41, 5.74) is 6.17. The van der Waals surface area contributed by atoms with Crippen LogP contribution in [0.3, 0.4) is 0 Å². The van der Waals surface area contributed by atoms with Gasteiger partial charge in [-0.15, -0.1) is 11.8 Å². The fourth-order valence-corrected chi connectivity index (χ4v) is 3.55. The molecule has 2 rings (SSSR count). The van der Waals surface area contributed by atoms with Crippen molar-refractivity contribution >= 4 is 29.1 Å². The third kappa shape index (κ3) is 3.75. The SMILES string of the molecule is Nc1ccc(SCC2CCCC(F)(F)C2)cc1Cl. The van der Waals surface area contributed by atoms with Gasteiger partial charge in [-0.3, -0.25) is 0 Å². The van der Waals surface area contributed by atoms with E-state index in [4.69, 9.17) is 17.3 Å². The number of alkyl halides is 2. The minimum absolute atomic E-state index is 0.0166. The van der Waals surface area contributed by atoms with Crippen molar-refractivity contribution in [1.82, 2.24) is 0 Å². The second kappa shape index (κ2) is 5.66. The third-order valence-corrected chi connectivity index (χ3v) is 4.75. The van der Waals surface area contributed by atoms with Crippen molar-refractivity contribution < 1.29 is 8.78 Å². The number of hydrogen-bond acceptors (Lipinski definition) is 2. The molecule has 0 aliphatic heterocycles. The first-order valence-electron chi connectivity index (χ1n) is 6.02. The average molecular weight is 292 g/mol. The maximum atomic E-state index is 13.3. The summed E-state index contributed by atoms with van der Waals surface area (Å²) in [7, 11) is 0. The van der Waals surface area contributed by atoms with Crippen LogP contribution in [0.15, 0.2) is 23.1 Å². The smallest absolute Gasteiger partial charge is 0.248 e. The highest BCUT2D eigenvalue weighted by Crippen LogP contribution is 2.39. The molecule has 1 unspecified atom stereocenters. The lowest BCUT2D eigenvalue weighted by atomic mass is 9.88. The summed E-state index contributed by atoms with van der Waals surface area (Å²) in [4.78, 5) is 0.989. The van der Waals surface area contributed by atoms with Crippen molar-refractivity contribution in [3.05, 3.63) is 23.2 Å². The van der Waals surface area contributed by atoms with Crippen LogP contribution in [0.5, 0.6) is 0 Å². The van der Waals surface area contributed by atoms with Crippen molar-refractivity contribution in [2.45, 2.75) is 36.5 Å². The summed E-state index contributed by atoms with van der Waals surface area (Å²) >= 11 is 7.50. The molecule has 0 saturated heterocycles. The van der Waals surface area contributed by atoms with E-state index in [0.717, 1.165) is 17.1 Å². The number of rotatable bonds is 3. The van der Waals surface area contributed by atoms with E-state index in [1.54, 1.807) is 23.9 Å². The van der Waals surface area contributed by atoms with Crippen LogP contribution >= 0.6 is 23.4 Å². The predicted octanol–water partition coefficient (Wildman–Crippen LogP) is 4.84. The van der Waals surface area contributed by atoms with E-state index < -0.39 is 5.92 Å². The van der Waals surface area contributed by atoms with Crippen LogP contribution < -0.4 is 5.73 Å². The van der Waals surface area contributed by atoms with E-state index in [1.807, 2.05) is 6.07 Å². The Kier molecular flexibility index (Phi) is 4.38. The van der Waals surface area contributed by atoms with Gasteiger partial charge in [-0.2, -0.15) is 0 Å². The summed E-state index contributed by atoms with van der Waals surface area (Å²) < 4.78 is 26.5. The zero-order valence-electron chi connectivity index (χ0n) is 9.96. The van der Waals surface area contributed by atoms with E-state index in [0.29, 0.717) is 17.1 Å². The van der Waals surface area contributed by atoms with Gasteiger partial charge in [0.2, 0.25) is 5.92 Å². The number of halogens is 3. The summed E-state index contributed by atoms with van der Waals surface area (Å²) in [5, 5.41) is 0.522. The zero-order chi connectivity index (χ0) is 13.2. The molecule has 1 nitrogen and oxygen atoms in total. The average Bonchev–Trinajstić information content (AvgIpc) is 2.29. The first-order valence-corrected chi connectivity index (χ1v) is 7.38. The second-order valence-electron chi connectivity index (χ2n) is 4.81. The summed E-state index contributed by atoms with van der Waals surface area (Å²) in [6, 6.07) is 5.43. The van der Waals surface area contributed by atoms with Gasteiger partial charge in [0.15, 0.2) is 0 Å². The van der Waals surface area contributed by atoms with Crippen LogP contribution in [-0.2, 0) is 0 Å². The highest BCUT2D eigenvalue weighted by molar-refractivity contribution is 7.99. The van der Waals surface area contributed by atoms with Crippen molar-refractivity contribution in [3.63, 3.8) is 0 Å². The van der Waals surface area contributed by atoms with Crippen molar-refractivity contribution in [2.24, 2.45) is 5.92 Å². The van der Waals surface area contributed by atoms with Gasteiger partial charge in [-0.1, -0.05) is 11.6 Å². The Balaban J connectivity index is 1.89. The van der Waals surface area contributed by atoms with Crippen LogP contribution in [0.2, 0.25) is 5.02 Å². The minimum atomic E-state index is -2.47. The van der Waals surface area contributed by atoms with Gasteiger partial charge >= 0.3 is 0 Å². The first-order chi connectivity index (χ1) is 8.46. The van der Waals surface area contributed by atoms with Crippen LogP contribution in [-0.4, -0.2) is 11.7 Å². The standard InChI is InChI=1S/C13H16ClF2NS/c14-11-6-10(3-4-12(11)17)18-8-9-2-1-5-13(15,16)7-9/h3-4,6,9H,1-2,5,7-8,17H2. The quantitative estimate of drug-likeness (QED) is 0.637.